The zero-order chi connectivity index (χ0) is 22.4. The Kier molecular flexibility index (Phi) is 5.25. The smallest absolute Gasteiger partial charge is 0.255 e. The van der Waals surface area contributed by atoms with Gasteiger partial charge >= 0.3 is 0 Å². The molecule has 2 aliphatic rings. The Morgan fingerprint density at radius 2 is 1.94 bits per heavy atom. The molecule has 4 heterocycles. The maximum atomic E-state index is 13.4. The predicted octanol–water partition coefficient (Wildman–Crippen LogP) is 3.74. The van der Waals surface area contributed by atoms with Gasteiger partial charge in [0, 0.05) is 54.5 Å². The van der Waals surface area contributed by atoms with E-state index in [9.17, 15) is 9.59 Å². The molecule has 0 radical (unpaired) electrons. The minimum atomic E-state index is 0.0462. The Bertz CT molecular complexity index is 1220. The molecule has 6 heteroatoms. The highest BCUT2D eigenvalue weighted by Crippen LogP contribution is 2.36. The maximum absolute atomic E-state index is 13.4. The molecule has 0 saturated carbocycles. The van der Waals surface area contributed by atoms with Gasteiger partial charge in [-0.15, -0.1) is 0 Å². The number of amides is 1. The first-order valence-corrected chi connectivity index (χ1v) is 11.2. The SMILES string of the molecule is Cc1ccc(-c2cccc(C(=O)N3C[C@@H]4C[C@H](C3)c3ccc(CN(C)C)c(=O)n3C4)c2)o1. The van der Waals surface area contributed by atoms with Crippen LogP contribution in [0.2, 0.25) is 0 Å². The van der Waals surface area contributed by atoms with Crippen molar-refractivity contribution in [2.45, 2.75) is 32.4 Å². The van der Waals surface area contributed by atoms with Crippen molar-refractivity contribution >= 4 is 5.91 Å². The van der Waals surface area contributed by atoms with Gasteiger partial charge in [0.2, 0.25) is 0 Å². The molecule has 0 aliphatic carbocycles. The molecule has 2 aliphatic heterocycles. The number of carbonyl (C=O) groups excluding carboxylic acids is 1. The van der Waals surface area contributed by atoms with Crippen LogP contribution in [0.15, 0.2) is 57.7 Å². The summed E-state index contributed by atoms with van der Waals surface area (Å²) in [6.45, 7) is 4.57. The lowest BCUT2D eigenvalue weighted by Crippen LogP contribution is -2.49. The average molecular weight is 432 g/mol. The van der Waals surface area contributed by atoms with E-state index in [1.165, 1.54) is 0 Å². The van der Waals surface area contributed by atoms with Gasteiger partial charge in [0.15, 0.2) is 0 Å². The molecule has 0 spiro atoms. The lowest BCUT2D eigenvalue weighted by atomic mass is 9.82. The fraction of sp³-hybridized carbons (Fsp3) is 0.385. The number of hydrogen-bond donors (Lipinski definition) is 0. The van der Waals surface area contributed by atoms with E-state index in [2.05, 4.69) is 6.07 Å². The Balaban J connectivity index is 1.39. The number of pyridine rings is 1. The number of aromatic nitrogens is 1. The predicted molar refractivity (Wildman–Crippen MR) is 124 cm³/mol. The number of aryl methyl sites for hydroxylation is 1. The molecule has 1 saturated heterocycles. The minimum absolute atomic E-state index is 0.0462. The van der Waals surface area contributed by atoms with Crippen molar-refractivity contribution in [3.63, 3.8) is 0 Å². The molecule has 1 amide bonds. The molecule has 6 nitrogen and oxygen atoms in total. The zero-order valence-electron chi connectivity index (χ0n) is 18.9. The summed E-state index contributed by atoms with van der Waals surface area (Å²) in [5.74, 6) is 2.17. The first-order chi connectivity index (χ1) is 15.4. The second-order valence-electron chi connectivity index (χ2n) is 9.44. The maximum Gasteiger partial charge on any atom is 0.255 e. The van der Waals surface area contributed by atoms with Crippen molar-refractivity contribution in [1.82, 2.24) is 14.4 Å². The van der Waals surface area contributed by atoms with Crippen molar-refractivity contribution < 1.29 is 9.21 Å². The van der Waals surface area contributed by atoms with Crippen LogP contribution in [0.25, 0.3) is 11.3 Å². The average Bonchev–Trinajstić information content (AvgIpc) is 3.21. The summed E-state index contributed by atoms with van der Waals surface area (Å²) < 4.78 is 7.69. The Morgan fingerprint density at radius 3 is 2.69 bits per heavy atom. The van der Waals surface area contributed by atoms with Gasteiger partial charge in [-0.05, 0) is 63.7 Å². The first-order valence-electron chi connectivity index (χ1n) is 11.2. The van der Waals surface area contributed by atoms with Gasteiger partial charge in [-0.2, -0.15) is 0 Å². The van der Waals surface area contributed by atoms with Crippen LogP contribution in [0.4, 0.5) is 0 Å². The van der Waals surface area contributed by atoms with Crippen molar-refractivity contribution in [3.8, 4) is 11.3 Å². The number of fused-ring (bicyclic) bond motifs is 4. The minimum Gasteiger partial charge on any atom is -0.461 e. The third-order valence-electron chi connectivity index (χ3n) is 6.59. The van der Waals surface area contributed by atoms with Gasteiger partial charge in [-0.3, -0.25) is 9.59 Å². The van der Waals surface area contributed by atoms with E-state index >= 15 is 0 Å². The third-order valence-corrected chi connectivity index (χ3v) is 6.59. The summed E-state index contributed by atoms with van der Waals surface area (Å²) in [6.07, 6.45) is 1.03. The van der Waals surface area contributed by atoms with E-state index in [0.717, 1.165) is 34.8 Å². The summed E-state index contributed by atoms with van der Waals surface area (Å²) >= 11 is 0. The fourth-order valence-corrected chi connectivity index (χ4v) is 5.20. The van der Waals surface area contributed by atoms with Crippen LogP contribution in [0.3, 0.4) is 0 Å². The molecule has 3 aromatic rings. The highest BCUT2D eigenvalue weighted by atomic mass is 16.3. The summed E-state index contributed by atoms with van der Waals surface area (Å²) in [4.78, 5) is 30.4. The van der Waals surface area contributed by atoms with Gasteiger partial charge in [0.25, 0.3) is 11.5 Å². The molecular weight excluding hydrogens is 402 g/mol. The van der Waals surface area contributed by atoms with E-state index in [0.29, 0.717) is 37.7 Å². The number of carbonyl (C=O) groups is 1. The van der Waals surface area contributed by atoms with Gasteiger partial charge in [-0.25, -0.2) is 0 Å². The van der Waals surface area contributed by atoms with Crippen LogP contribution in [0, 0.1) is 12.8 Å². The molecule has 2 atom stereocenters. The number of hydrogen-bond acceptors (Lipinski definition) is 4. The van der Waals surface area contributed by atoms with E-state index in [1.807, 2.05) is 77.9 Å². The molecule has 0 unspecified atom stereocenters. The summed E-state index contributed by atoms with van der Waals surface area (Å²) in [5.41, 5.74) is 3.59. The number of benzene rings is 1. The molecule has 1 aromatic carbocycles. The van der Waals surface area contributed by atoms with Crippen LogP contribution < -0.4 is 5.56 Å². The number of furan rings is 1. The Labute approximate surface area is 188 Å². The van der Waals surface area contributed by atoms with Crippen molar-refractivity contribution in [2.24, 2.45) is 5.92 Å². The number of piperidine rings is 1. The molecule has 2 aromatic heterocycles. The van der Waals surface area contributed by atoms with Gasteiger partial charge in [0.1, 0.15) is 11.5 Å². The number of rotatable bonds is 4. The van der Waals surface area contributed by atoms with E-state index in [1.54, 1.807) is 0 Å². The number of likely N-dealkylation sites (tertiary alicyclic amines) is 1. The lowest BCUT2D eigenvalue weighted by Gasteiger charge is -2.43. The summed E-state index contributed by atoms with van der Waals surface area (Å²) in [5, 5.41) is 0. The van der Waals surface area contributed by atoms with Gasteiger partial charge in [-0.1, -0.05) is 18.2 Å². The lowest BCUT2D eigenvalue weighted by molar-refractivity contribution is 0.0594. The fourth-order valence-electron chi connectivity index (χ4n) is 5.20. The molecule has 1 fully saturated rings. The van der Waals surface area contributed by atoms with Gasteiger partial charge < -0.3 is 18.8 Å². The van der Waals surface area contributed by atoms with Crippen molar-refractivity contribution in [3.05, 3.63) is 81.5 Å². The zero-order valence-corrected chi connectivity index (χ0v) is 18.9. The third kappa shape index (κ3) is 3.79. The standard InChI is InChI=1S/C26H29N3O3/c1-17-7-10-24(32-17)19-5-4-6-20(12-19)25(30)28-13-18-11-22(16-28)23-9-8-21(15-27(2)3)26(31)29(23)14-18/h4-10,12,18,22H,11,13-16H2,1-3H3/t18-,22+/m0/s1. The van der Waals surface area contributed by atoms with Crippen LogP contribution in [-0.4, -0.2) is 47.5 Å². The highest BCUT2D eigenvalue weighted by molar-refractivity contribution is 5.95. The topological polar surface area (TPSA) is 58.7 Å². The molecule has 166 valence electrons. The van der Waals surface area contributed by atoms with E-state index in [-0.39, 0.29) is 17.4 Å². The first kappa shape index (κ1) is 20.8. The normalized spacial score (nSPS) is 19.8. The van der Waals surface area contributed by atoms with Crippen LogP contribution in [-0.2, 0) is 13.1 Å². The highest BCUT2D eigenvalue weighted by Gasteiger charge is 2.37. The second-order valence-corrected chi connectivity index (χ2v) is 9.44. The molecule has 2 bridgehead atoms. The Morgan fingerprint density at radius 1 is 1.09 bits per heavy atom. The van der Waals surface area contributed by atoms with Crippen LogP contribution in [0.1, 0.15) is 39.7 Å². The summed E-state index contributed by atoms with van der Waals surface area (Å²) in [6, 6.07) is 15.6. The van der Waals surface area contributed by atoms with Crippen molar-refractivity contribution in [1.29, 1.82) is 0 Å². The second kappa shape index (κ2) is 8.10. The van der Waals surface area contributed by atoms with E-state index < -0.39 is 0 Å². The Hall–Kier alpha value is -3.12. The monoisotopic (exact) mass is 431 g/mol. The summed E-state index contributed by atoms with van der Waals surface area (Å²) in [7, 11) is 3.95. The van der Waals surface area contributed by atoms with Gasteiger partial charge in [0.05, 0.1) is 0 Å². The molecule has 0 N–H and O–H groups in total. The number of nitrogens with zero attached hydrogens (tertiary/aromatic N) is 3. The largest absolute Gasteiger partial charge is 0.461 e. The molecule has 5 rings (SSSR count). The molecular formula is C26H29N3O3. The van der Waals surface area contributed by atoms with Crippen LogP contribution >= 0.6 is 0 Å². The quantitative estimate of drug-likeness (QED) is 0.632. The van der Waals surface area contributed by atoms with Crippen LogP contribution in [0.5, 0.6) is 0 Å². The van der Waals surface area contributed by atoms with E-state index in [4.69, 9.17) is 4.42 Å². The molecule has 32 heavy (non-hydrogen) atoms. The van der Waals surface area contributed by atoms with Crippen molar-refractivity contribution in [2.75, 3.05) is 27.2 Å².